The summed E-state index contributed by atoms with van der Waals surface area (Å²) >= 11 is 0. The third-order valence-electron chi connectivity index (χ3n) is 3.94. The summed E-state index contributed by atoms with van der Waals surface area (Å²) in [6.45, 7) is 1.86. The standard InChI is InChI=1S/C11H17N5O/c12-15-10-3-11(14-6-13-10)16-4-7-1-2-9(17)8(7)5-16/h3,6-9,17H,1-2,4-5,12H2,(H,13,14,15). The van der Waals surface area contributed by atoms with E-state index in [1.807, 2.05) is 6.07 Å². The lowest BCUT2D eigenvalue weighted by molar-refractivity contribution is 0.133. The summed E-state index contributed by atoms with van der Waals surface area (Å²) in [5.74, 6) is 7.84. The number of nitrogens with two attached hydrogens (primary N) is 1. The molecule has 2 fully saturated rings. The molecule has 1 saturated heterocycles. The van der Waals surface area contributed by atoms with Crippen LogP contribution in [0.5, 0.6) is 0 Å². The predicted octanol–water partition coefficient (Wildman–Crippen LogP) is -0.0307. The number of aliphatic hydroxyl groups is 1. The van der Waals surface area contributed by atoms with Gasteiger partial charge < -0.3 is 15.4 Å². The Balaban J connectivity index is 1.78. The molecule has 4 N–H and O–H groups in total. The largest absolute Gasteiger partial charge is 0.393 e. The molecule has 1 aliphatic carbocycles. The van der Waals surface area contributed by atoms with E-state index in [2.05, 4.69) is 20.3 Å². The van der Waals surface area contributed by atoms with Gasteiger partial charge in [0.15, 0.2) is 0 Å². The second-order valence-corrected chi connectivity index (χ2v) is 4.88. The van der Waals surface area contributed by atoms with Crippen LogP contribution in [0.25, 0.3) is 0 Å². The lowest BCUT2D eigenvalue weighted by Gasteiger charge is -2.19. The molecule has 1 aromatic heterocycles. The highest BCUT2D eigenvalue weighted by molar-refractivity contribution is 5.48. The van der Waals surface area contributed by atoms with Gasteiger partial charge in [0, 0.05) is 25.1 Å². The molecule has 6 heteroatoms. The number of aromatic nitrogens is 2. The van der Waals surface area contributed by atoms with Gasteiger partial charge in [-0.3, -0.25) is 0 Å². The van der Waals surface area contributed by atoms with Gasteiger partial charge in [-0.1, -0.05) is 0 Å². The first-order valence-electron chi connectivity index (χ1n) is 5.99. The first-order chi connectivity index (χ1) is 8.28. The number of aliphatic hydroxyl groups excluding tert-OH is 1. The van der Waals surface area contributed by atoms with Crippen LogP contribution in [0, 0.1) is 11.8 Å². The highest BCUT2D eigenvalue weighted by atomic mass is 16.3. The van der Waals surface area contributed by atoms with Gasteiger partial charge in [-0.15, -0.1) is 0 Å². The zero-order chi connectivity index (χ0) is 11.8. The van der Waals surface area contributed by atoms with Crippen LogP contribution in [0.2, 0.25) is 0 Å². The number of hydrazine groups is 1. The van der Waals surface area contributed by atoms with Crippen molar-refractivity contribution in [3.8, 4) is 0 Å². The van der Waals surface area contributed by atoms with Gasteiger partial charge in [0.2, 0.25) is 0 Å². The van der Waals surface area contributed by atoms with Gasteiger partial charge in [-0.05, 0) is 18.8 Å². The van der Waals surface area contributed by atoms with Crippen molar-refractivity contribution in [3.05, 3.63) is 12.4 Å². The molecule has 0 bridgehead atoms. The van der Waals surface area contributed by atoms with Crippen molar-refractivity contribution in [2.24, 2.45) is 17.7 Å². The van der Waals surface area contributed by atoms with Crippen molar-refractivity contribution < 1.29 is 5.11 Å². The lowest BCUT2D eigenvalue weighted by atomic mass is 10.00. The molecule has 2 aliphatic rings. The Morgan fingerprint density at radius 1 is 1.35 bits per heavy atom. The number of hydrogen-bond acceptors (Lipinski definition) is 6. The number of nitrogens with one attached hydrogen (secondary N) is 1. The van der Waals surface area contributed by atoms with Crippen molar-refractivity contribution in [1.82, 2.24) is 9.97 Å². The second kappa shape index (κ2) is 4.12. The topological polar surface area (TPSA) is 87.3 Å². The van der Waals surface area contributed by atoms with Crippen LogP contribution in [0.15, 0.2) is 12.4 Å². The quantitative estimate of drug-likeness (QED) is 0.493. The van der Waals surface area contributed by atoms with Crippen molar-refractivity contribution in [2.75, 3.05) is 23.4 Å². The molecule has 1 saturated carbocycles. The molecular formula is C11H17N5O. The summed E-state index contributed by atoms with van der Waals surface area (Å²) in [5, 5.41) is 9.87. The fraction of sp³-hybridized carbons (Fsp3) is 0.636. The van der Waals surface area contributed by atoms with Crippen LogP contribution in [0.1, 0.15) is 12.8 Å². The molecule has 3 unspecified atom stereocenters. The van der Waals surface area contributed by atoms with Crippen molar-refractivity contribution in [1.29, 1.82) is 0 Å². The molecule has 0 radical (unpaired) electrons. The number of fused-ring (bicyclic) bond motifs is 1. The molecule has 6 nitrogen and oxygen atoms in total. The van der Waals surface area contributed by atoms with E-state index >= 15 is 0 Å². The van der Waals surface area contributed by atoms with Gasteiger partial charge in [-0.2, -0.15) is 0 Å². The third kappa shape index (κ3) is 1.83. The van der Waals surface area contributed by atoms with E-state index in [1.54, 1.807) is 0 Å². The fourth-order valence-electron chi connectivity index (χ4n) is 3.02. The Morgan fingerprint density at radius 3 is 3.00 bits per heavy atom. The van der Waals surface area contributed by atoms with E-state index in [0.29, 0.717) is 17.7 Å². The zero-order valence-corrected chi connectivity index (χ0v) is 9.58. The first-order valence-corrected chi connectivity index (χ1v) is 5.99. The number of rotatable bonds is 2. The van der Waals surface area contributed by atoms with Crippen LogP contribution in [-0.2, 0) is 0 Å². The van der Waals surface area contributed by atoms with Crippen LogP contribution in [0.3, 0.4) is 0 Å². The van der Waals surface area contributed by atoms with Crippen LogP contribution in [-0.4, -0.2) is 34.3 Å². The monoisotopic (exact) mass is 235 g/mol. The molecule has 1 aliphatic heterocycles. The van der Waals surface area contributed by atoms with Gasteiger partial charge in [0.05, 0.1) is 6.10 Å². The average molecular weight is 235 g/mol. The molecule has 92 valence electrons. The van der Waals surface area contributed by atoms with E-state index in [4.69, 9.17) is 5.84 Å². The predicted molar refractivity (Wildman–Crippen MR) is 64.3 cm³/mol. The Morgan fingerprint density at radius 2 is 2.24 bits per heavy atom. The first kappa shape index (κ1) is 10.7. The summed E-state index contributed by atoms with van der Waals surface area (Å²) in [4.78, 5) is 10.5. The Hall–Kier alpha value is -1.40. The lowest BCUT2D eigenvalue weighted by Crippen LogP contribution is -2.25. The third-order valence-corrected chi connectivity index (χ3v) is 3.94. The highest BCUT2D eigenvalue weighted by Gasteiger charge is 2.42. The maximum Gasteiger partial charge on any atom is 0.145 e. The van der Waals surface area contributed by atoms with Crippen molar-refractivity contribution in [3.63, 3.8) is 0 Å². The van der Waals surface area contributed by atoms with Crippen LogP contribution in [0.4, 0.5) is 11.6 Å². The molecular weight excluding hydrogens is 218 g/mol. The number of anilines is 2. The van der Waals surface area contributed by atoms with Gasteiger partial charge in [0.1, 0.15) is 18.0 Å². The normalized spacial score (nSPS) is 31.6. The fourth-order valence-corrected chi connectivity index (χ4v) is 3.02. The maximum absolute atomic E-state index is 9.87. The van der Waals surface area contributed by atoms with E-state index in [9.17, 15) is 5.11 Å². The van der Waals surface area contributed by atoms with Crippen molar-refractivity contribution >= 4 is 11.6 Å². The molecule has 1 aromatic rings. The summed E-state index contributed by atoms with van der Waals surface area (Å²) in [6, 6.07) is 1.84. The van der Waals surface area contributed by atoms with Crippen LogP contribution < -0.4 is 16.2 Å². The number of hydrogen-bond donors (Lipinski definition) is 3. The Bertz CT molecular complexity index is 413. The molecule has 3 atom stereocenters. The summed E-state index contributed by atoms with van der Waals surface area (Å²) in [7, 11) is 0. The summed E-state index contributed by atoms with van der Waals surface area (Å²) in [5.41, 5.74) is 2.52. The zero-order valence-electron chi connectivity index (χ0n) is 9.58. The minimum absolute atomic E-state index is 0.140. The molecule has 3 rings (SSSR count). The van der Waals surface area contributed by atoms with E-state index in [0.717, 1.165) is 31.7 Å². The molecule has 2 heterocycles. The highest BCUT2D eigenvalue weighted by Crippen LogP contribution is 2.39. The van der Waals surface area contributed by atoms with Crippen LogP contribution >= 0.6 is 0 Å². The SMILES string of the molecule is NNc1cc(N2CC3CCC(O)C3C2)ncn1. The number of nitrogen functional groups attached to an aromatic ring is 1. The Kier molecular flexibility index (Phi) is 2.60. The van der Waals surface area contributed by atoms with Gasteiger partial charge in [-0.25, -0.2) is 15.8 Å². The van der Waals surface area contributed by atoms with Gasteiger partial charge in [0.25, 0.3) is 0 Å². The Labute approximate surface area is 99.8 Å². The van der Waals surface area contributed by atoms with E-state index in [1.165, 1.54) is 6.33 Å². The molecule has 0 spiro atoms. The van der Waals surface area contributed by atoms with Crippen molar-refractivity contribution in [2.45, 2.75) is 18.9 Å². The minimum atomic E-state index is -0.140. The molecule has 17 heavy (non-hydrogen) atoms. The average Bonchev–Trinajstić information content (AvgIpc) is 2.92. The summed E-state index contributed by atoms with van der Waals surface area (Å²) < 4.78 is 0. The van der Waals surface area contributed by atoms with E-state index in [-0.39, 0.29) is 6.10 Å². The number of nitrogens with zero attached hydrogens (tertiary/aromatic N) is 3. The maximum atomic E-state index is 9.87. The minimum Gasteiger partial charge on any atom is -0.393 e. The summed E-state index contributed by atoms with van der Waals surface area (Å²) in [6.07, 6.45) is 3.44. The smallest absolute Gasteiger partial charge is 0.145 e. The van der Waals surface area contributed by atoms with Gasteiger partial charge >= 0.3 is 0 Å². The van der Waals surface area contributed by atoms with E-state index < -0.39 is 0 Å². The molecule has 0 amide bonds. The second-order valence-electron chi connectivity index (χ2n) is 4.88. The molecule has 0 aromatic carbocycles.